The fourth-order valence-corrected chi connectivity index (χ4v) is 2.12. The van der Waals surface area contributed by atoms with Crippen LogP contribution in [-0.4, -0.2) is 13.0 Å². The van der Waals surface area contributed by atoms with Crippen LogP contribution in [0.2, 0.25) is 5.02 Å². The summed E-state index contributed by atoms with van der Waals surface area (Å²) in [5.74, 6) is -0.0800. The first kappa shape index (κ1) is 12.7. The zero-order chi connectivity index (χ0) is 13.1. The lowest BCUT2D eigenvalue weighted by atomic mass is 9.94. The van der Waals surface area contributed by atoms with E-state index in [-0.39, 0.29) is 5.91 Å². The molecule has 0 atom stereocenters. The number of hydrogen-bond donors (Lipinski definition) is 1. The van der Waals surface area contributed by atoms with Crippen LogP contribution < -0.4 is 5.32 Å². The highest BCUT2D eigenvalue weighted by Gasteiger charge is 2.13. The minimum atomic E-state index is -0.0800. The minimum absolute atomic E-state index is 0.0800. The van der Waals surface area contributed by atoms with E-state index in [1.807, 2.05) is 49.4 Å². The fourth-order valence-electron chi connectivity index (χ4n) is 1.99. The second-order valence-corrected chi connectivity index (χ2v) is 4.52. The number of hydrogen-bond acceptors (Lipinski definition) is 1. The molecule has 0 fully saturated rings. The van der Waals surface area contributed by atoms with Crippen molar-refractivity contribution in [2.45, 2.75) is 6.92 Å². The predicted octanol–water partition coefficient (Wildman–Crippen LogP) is 3.68. The Morgan fingerprint density at radius 3 is 2.39 bits per heavy atom. The largest absolute Gasteiger partial charge is 0.355 e. The third-order valence-electron chi connectivity index (χ3n) is 2.88. The summed E-state index contributed by atoms with van der Waals surface area (Å²) in [5, 5.41) is 3.35. The molecule has 18 heavy (non-hydrogen) atoms. The topological polar surface area (TPSA) is 29.1 Å². The molecule has 0 aliphatic heterocycles. The van der Waals surface area contributed by atoms with Gasteiger partial charge in [-0.15, -0.1) is 0 Å². The van der Waals surface area contributed by atoms with Crippen molar-refractivity contribution in [3.63, 3.8) is 0 Å². The summed E-state index contributed by atoms with van der Waals surface area (Å²) in [7, 11) is 1.64. The number of nitrogens with one attached hydrogen (secondary N) is 1. The molecule has 0 aromatic heterocycles. The molecule has 1 N–H and O–H groups in total. The average molecular weight is 260 g/mol. The molecule has 0 spiro atoms. The summed E-state index contributed by atoms with van der Waals surface area (Å²) >= 11 is 5.89. The Hall–Kier alpha value is -1.80. The number of carbonyl (C=O) groups is 1. The van der Waals surface area contributed by atoms with Crippen LogP contribution in [0.1, 0.15) is 15.9 Å². The van der Waals surface area contributed by atoms with Crippen molar-refractivity contribution >= 4 is 17.5 Å². The maximum atomic E-state index is 11.9. The summed E-state index contributed by atoms with van der Waals surface area (Å²) < 4.78 is 0. The molecule has 0 unspecified atom stereocenters. The van der Waals surface area contributed by atoms with Gasteiger partial charge in [0.05, 0.1) is 0 Å². The molecule has 3 heteroatoms. The van der Waals surface area contributed by atoms with Crippen LogP contribution in [0.25, 0.3) is 11.1 Å². The number of halogens is 1. The average Bonchev–Trinajstić information content (AvgIpc) is 2.39. The van der Waals surface area contributed by atoms with Gasteiger partial charge in [-0.25, -0.2) is 0 Å². The van der Waals surface area contributed by atoms with Crippen LogP contribution in [0.4, 0.5) is 0 Å². The summed E-state index contributed by atoms with van der Waals surface area (Å²) in [4.78, 5) is 11.9. The number of benzene rings is 2. The molecule has 0 aliphatic rings. The molecular formula is C15H14ClNO. The predicted molar refractivity (Wildman–Crippen MR) is 75.0 cm³/mol. The molecular weight excluding hydrogens is 246 g/mol. The van der Waals surface area contributed by atoms with Crippen LogP contribution in [0, 0.1) is 6.92 Å². The third-order valence-corrected chi connectivity index (χ3v) is 3.13. The first-order valence-corrected chi connectivity index (χ1v) is 6.09. The molecule has 0 radical (unpaired) electrons. The SMILES string of the molecule is CNC(=O)c1cccc(C)c1-c1ccc(Cl)cc1. The van der Waals surface area contributed by atoms with Crippen molar-refractivity contribution in [3.05, 3.63) is 58.6 Å². The highest BCUT2D eigenvalue weighted by Crippen LogP contribution is 2.28. The van der Waals surface area contributed by atoms with Gasteiger partial charge in [-0.1, -0.05) is 35.9 Å². The molecule has 0 aliphatic carbocycles. The maximum Gasteiger partial charge on any atom is 0.251 e. The normalized spacial score (nSPS) is 10.2. The third kappa shape index (κ3) is 2.39. The lowest BCUT2D eigenvalue weighted by Gasteiger charge is -2.12. The van der Waals surface area contributed by atoms with Crippen LogP contribution in [0.15, 0.2) is 42.5 Å². The van der Waals surface area contributed by atoms with Crippen molar-refractivity contribution < 1.29 is 4.79 Å². The molecule has 92 valence electrons. The van der Waals surface area contributed by atoms with E-state index in [2.05, 4.69) is 5.32 Å². The fraction of sp³-hybridized carbons (Fsp3) is 0.133. The zero-order valence-electron chi connectivity index (χ0n) is 10.3. The molecule has 2 rings (SSSR count). The van der Waals surface area contributed by atoms with Gasteiger partial charge in [0.15, 0.2) is 0 Å². The van der Waals surface area contributed by atoms with E-state index in [4.69, 9.17) is 11.6 Å². The van der Waals surface area contributed by atoms with E-state index in [1.54, 1.807) is 7.05 Å². The van der Waals surface area contributed by atoms with E-state index < -0.39 is 0 Å². The molecule has 2 nitrogen and oxygen atoms in total. The number of aryl methyl sites for hydroxylation is 1. The smallest absolute Gasteiger partial charge is 0.251 e. The van der Waals surface area contributed by atoms with Crippen LogP contribution in [0.3, 0.4) is 0 Å². The Morgan fingerprint density at radius 1 is 1.11 bits per heavy atom. The van der Waals surface area contributed by atoms with Crippen molar-refractivity contribution in [2.75, 3.05) is 7.05 Å². The molecule has 0 saturated carbocycles. The lowest BCUT2D eigenvalue weighted by Crippen LogP contribution is -2.19. The Kier molecular flexibility index (Phi) is 3.68. The molecule has 2 aromatic rings. The minimum Gasteiger partial charge on any atom is -0.355 e. The molecule has 0 heterocycles. The molecule has 0 saturated heterocycles. The van der Waals surface area contributed by atoms with Gasteiger partial charge in [-0.05, 0) is 41.8 Å². The summed E-state index contributed by atoms with van der Waals surface area (Å²) in [6.07, 6.45) is 0. The van der Waals surface area contributed by atoms with E-state index in [0.717, 1.165) is 16.7 Å². The van der Waals surface area contributed by atoms with Gasteiger partial charge < -0.3 is 5.32 Å². The maximum absolute atomic E-state index is 11.9. The van der Waals surface area contributed by atoms with Gasteiger partial charge in [0, 0.05) is 17.6 Å². The number of rotatable bonds is 2. The first-order chi connectivity index (χ1) is 8.63. The van der Waals surface area contributed by atoms with E-state index >= 15 is 0 Å². The van der Waals surface area contributed by atoms with Crippen LogP contribution in [-0.2, 0) is 0 Å². The molecule has 0 bridgehead atoms. The molecule has 2 aromatic carbocycles. The van der Waals surface area contributed by atoms with Crippen LogP contribution >= 0.6 is 11.6 Å². The Balaban J connectivity index is 2.62. The summed E-state index contributed by atoms with van der Waals surface area (Å²) in [5.41, 5.74) is 3.70. The Labute approximate surface area is 112 Å². The Morgan fingerprint density at radius 2 is 1.78 bits per heavy atom. The second kappa shape index (κ2) is 5.23. The quantitative estimate of drug-likeness (QED) is 0.876. The van der Waals surface area contributed by atoms with Crippen molar-refractivity contribution in [2.24, 2.45) is 0 Å². The van der Waals surface area contributed by atoms with Gasteiger partial charge in [-0.3, -0.25) is 4.79 Å². The zero-order valence-corrected chi connectivity index (χ0v) is 11.1. The van der Waals surface area contributed by atoms with Crippen molar-refractivity contribution in [1.82, 2.24) is 5.32 Å². The van der Waals surface area contributed by atoms with Crippen molar-refractivity contribution in [3.8, 4) is 11.1 Å². The standard InChI is InChI=1S/C15H14ClNO/c1-10-4-3-5-13(15(18)17-2)14(10)11-6-8-12(16)9-7-11/h3-9H,1-2H3,(H,17,18). The van der Waals surface area contributed by atoms with Crippen LogP contribution in [0.5, 0.6) is 0 Å². The van der Waals surface area contributed by atoms with E-state index in [9.17, 15) is 4.79 Å². The Bertz CT molecular complexity index is 576. The first-order valence-electron chi connectivity index (χ1n) is 5.71. The van der Waals surface area contributed by atoms with Gasteiger partial charge in [-0.2, -0.15) is 0 Å². The van der Waals surface area contributed by atoms with Gasteiger partial charge in [0.2, 0.25) is 0 Å². The summed E-state index contributed by atoms with van der Waals surface area (Å²) in [6.45, 7) is 2.00. The summed E-state index contributed by atoms with van der Waals surface area (Å²) in [6, 6.07) is 13.2. The second-order valence-electron chi connectivity index (χ2n) is 4.08. The van der Waals surface area contributed by atoms with E-state index in [0.29, 0.717) is 10.6 Å². The highest BCUT2D eigenvalue weighted by molar-refractivity contribution is 6.30. The highest BCUT2D eigenvalue weighted by atomic mass is 35.5. The lowest BCUT2D eigenvalue weighted by molar-refractivity contribution is 0.0963. The number of amides is 1. The van der Waals surface area contributed by atoms with E-state index in [1.165, 1.54) is 0 Å². The number of carbonyl (C=O) groups excluding carboxylic acids is 1. The van der Waals surface area contributed by atoms with Gasteiger partial charge in [0.25, 0.3) is 5.91 Å². The van der Waals surface area contributed by atoms with Gasteiger partial charge in [0.1, 0.15) is 0 Å². The van der Waals surface area contributed by atoms with Crippen molar-refractivity contribution in [1.29, 1.82) is 0 Å². The van der Waals surface area contributed by atoms with Gasteiger partial charge >= 0.3 is 0 Å². The monoisotopic (exact) mass is 259 g/mol. The molecule has 1 amide bonds.